The van der Waals surface area contributed by atoms with Crippen LogP contribution in [-0.4, -0.2) is 40.8 Å². The van der Waals surface area contributed by atoms with Gasteiger partial charge in [0.1, 0.15) is 0 Å². The molecule has 1 N–H and O–H groups in total. The summed E-state index contributed by atoms with van der Waals surface area (Å²) in [6.07, 6.45) is -1.95. The summed E-state index contributed by atoms with van der Waals surface area (Å²) in [6, 6.07) is 0. The summed E-state index contributed by atoms with van der Waals surface area (Å²) in [7, 11) is 0. The first kappa shape index (κ1) is 8.99. The number of likely N-dealkylation sites (N-methyl/N-ethyl adjacent to an activating group) is 1. The van der Waals surface area contributed by atoms with Gasteiger partial charge >= 0.3 is 5.97 Å². The molecule has 1 heterocycles. The molecule has 5 nitrogen and oxygen atoms in total. The second kappa shape index (κ2) is 3.10. The topological polar surface area (TPSA) is 66.8 Å². The van der Waals surface area contributed by atoms with Crippen molar-refractivity contribution in [1.29, 1.82) is 0 Å². The number of aliphatic hydroxyl groups excluding tert-OH is 1. The predicted molar refractivity (Wildman–Crippen MR) is 38.9 cm³/mol. The van der Waals surface area contributed by atoms with Crippen molar-refractivity contribution in [2.75, 3.05) is 6.54 Å². The normalized spacial score (nSPS) is 28.2. The Bertz CT molecular complexity index is 215. The number of carbonyl (C=O) groups is 2. The Kier molecular flexibility index (Phi) is 2.32. The maximum absolute atomic E-state index is 10.9. The van der Waals surface area contributed by atoms with Crippen molar-refractivity contribution in [2.24, 2.45) is 0 Å². The van der Waals surface area contributed by atoms with Crippen LogP contribution in [0.15, 0.2) is 0 Å². The summed E-state index contributed by atoms with van der Waals surface area (Å²) >= 11 is 0. The molecule has 12 heavy (non-hydrogen) atoms. The Morgan fingerprint density at radius 3 is 2.75 bits per heavy atom. The van der Waals surface area contributed by atoms with Gasteiger partial charge in [0, 0.05) is 13.5 Å². The second-order valence-corrected chi connectivity index (χ2v) is 2.57. The third kappa shape index (κ3) is 1.27. The van der Waals surface area contributed by atoms with Crippen molar-refractivity contribution in [2.45, 2.75) is 26.2 Å². The zero-order chi connectivity index (χ0) is 9.30. The molecule has 1 aliphatic heterocycles. The van der Waals surface area contributed by atoms with E-state index in [4.69, 9.17) is 5.11 Å². The molecule has 5 heteroatoms. The second-order valence-electron chi connectivity index (χ2n) is 2.57. The number of likely N-dealkylation sites (tertiary alicyclic amines) is 1. The molecule has 0 aromatic carbocycles. The number of amides is 1. The third-order valence-electron chi connectivity index (χ3n) is 1.74. The minimum absolute atomic E-state index is 0.385. The standard InChI is InChI=1S/C7H11NO4/c1-3-8-6(11)5(10)7(8)12-4(2)9/h5,7,10H,3H2,1-2H3. The third-order valence-corrected chi connectivity index (χ3v) is 1.74. The predicted octanol–water partition coefficient (Wildman–Crippen LogP) is -0.901. The van der Waals surface area contributed by atoms with Gasteiger partial charge in [-0.25, -0.2) is 0 Å². The Morgan fingerprint density at radius 2 is 2.33 bits per heavy atom. The van der Waals surface area contributed by atoms with Gasteiger partial charge in [-0.2, -0.15) is 0 Å². The lowest BCUT2D eigenvalue weighted by molar-refractivity contribution is -0.209. The Hall–Kier alpha value is -1.10. The number of hydrogen-bond acceptors (Lipinski definition) is 4. The maximum atomic E-state index is 10.9. The Labute approximate surface area is 69.9 Å². The zero-order valence-electron chi connectivity index (χ0n) is 6.98. The first-order valence-corrected chi connectivity index (χ1v) is 3.73. The van der Waals surface area contributed by atoms with Crippen LogP contribution in [0.25, 0.3) is 0 Å². The first-order chi connectivity index (χ1) is 5.57. The number of hydrogen-bond donors (Lipinski definition) is 1. The molecule has 1 saturated heterocycles. The molecule has 0 spiro atoms. The Morgan fingerprint density at radius 1 is 1.75 bits per heavy atom. The van der Waals surface area contributed by atoms with Gasteiger partial charge in [-0.1, -0.05) is 0 Å². The minimum atomic E-state index is -1.17. The van der Waals surface area contributed by atoms with Gasteiger partial charge in [0.05, 0.1) is 0 Å². The van der Waals surface area contributed by atoms with Crippen molar-refractivity contribution >= 4 is 11.9 Å². The van der Waals surface area contributed by atoms with Crippen LogP contribution < -0.4 is 0 Å². The first-order valence-electron chi connectivity index (χ1n) is 3.73. The summed E-state index contributed by atoms with van der Waals surface area (Å²) in [6.45, 7) is 3.43. The summed E-state index contributed by atoms with van der Waals surface area (Å²) in [5.74, 6) is -0.881. The molecular weight excluding hydrogens is 162 g/mol. The number of nitrogens with zero attached hydrogens (tertiary/aromatic N) is 1. The summed E-state index contributed by atoms with van der Waals surface area (Å²) in [4.78, 5) is 22.7. The van der Waals surface area contributed by atoms with Crippen LogP contribution in [0.3, 0.4) is 0 Å². The SMILES string of the molecule is CCN1C(=O)C(O)C1OC(C)=O. The average Bonchev–Trinajstić information content (AvgIpc) is 2.03. The highest BCUT2D eigenvalue weighted by Gasteiger charge is 2.47. The number of ether oxygens (including phenoxy) is 1. The van der Waals surface area contributed by atoms with Gasteiger partial charge in [0.2, 0.25) is 6.23 Å². The summed E-state index contributed by atoms with van der Waals surface area (Å²) < 4.78 is 4.69. The largest absolute Gasteiger partial charge is 0.438 e. The zero-order valence-corrected chi connectivity index (χ0v) is 6.98. The van der Waals surface area contributed by atoms with E-state index >= 15 is 0 Å². The fraction of sp³-hybridized carbons (Fsp3) is 0.714. The lowest BCUT2D eigenvalue weighted by atomic mass is 10.1. The lowest BCUT2D eigenvalue weighted by Crippen LogP contribution is -2.65. The highest BCUT2D eigenvalue weighted by atomic mass is 16.6. The number of β-lactam (4-membered cyclic amide) rings is 1. The number of esters is 1. The van der Waals surface area contributed by atoms with E-state index in [9.17, 15) is 9.59 Å². The van der Waals surface area contributed by atoms with E-state index in [-0.39, 0.29) is 5.91 Å². The fourth-order valence-electron chi connectivity index (χ4n) is 1.14. The molecule has 1 aliphatic rings. The highest BCUT2D eigenvalue weighted by Crippen LogP contribution is 2.20. The summed E-state index contributed by atoms with van der Waals surface area (Å²) in [5, 5.41) is 9.06. The molecule has 1 rings (SSSR count). The molecule has 0 radical (unpaired) electrons. The molecule has 0 aliphatic carbocycles. The monoisotopic (exact) mass is 173 g/mol. The van der Waals surface area contributed by atoms with Crippen molar-refractivity contribution < 1.29 is 19.4 Å². The van der Waals surface area contributed by atoms with Crippen LogP contribution in [0, 0.1) is 0 Å². The van der Waals surface area contributed by atoms with E-state index < -0.39 is 18.3 Å². The van der Waals surface area contributed by atoms with Crippen molar-refractivity contribution in [1.82, 2.24) is 4.90 Å². The van der Waals surface area contributed by atoms with Crippen LogP contribution in [0.2, 0.25) is 0 Å². The van der Waals surface area contributed by atoms with Crippen LogP contribution >= 0.6 is 0 Å². The molecule has 0 saturated carbocycles. The van der Waals surface area contributed by atoms with Crippen molar-refractivity contribution in [3.8, 4) is 0 Å². The number of carbonyl (C=O) groups excluding carboxylic acids is 2. The van der Waals surface area contributed by atoms with E-state index in [1.165, 1.54) is 11.8 Å². The highest BCUT2D eigenvalue weighted by molar-refractivity contribution is 5.88. The van der Waals surface area contributed by atoms with Crippen LogP contribution in [0.1, 0.15) is 13.8 Å². The van der Waals surface area contributed by atoms with Gasteiger partial charge in [-0.05, 0) is 6.92 Å². The summed E-state index contributed by atoms with van der Waals surface area (Å²) in [5.41, 5.74) is 0. The van der Waals surface area contributed by atoms with E-state index in [2.05, 4.69) is 4.74 Å². The Balaban J connectivity index is 2.54. The molecule has 68 valence electrons. The van der Waals surface area contributed by atoms with Gasteiger partial charge in [0.15, 0.2) is 6.10 Å². The van der Waals surface area contributed by atoms with E-state index in [0.717, 1.165) is 0 Å². The van der Waals surface area contributed by atoms with Gasteiger partial charge < -0.3 is 14.7 Å². The minimum Gasteiger partial charge on any atom is -0.438 e. The quantitative estimate of drug-likeness (QED) is 0.434. The van der Waals surface area contributed by atoms with Crippen molar-refractivity contribution in [3.05, 3.63) is 0 Å². The number of aliphatic hydroxyl groups is 1. The van der Waals surface area contributed by atoms with Gasteiger partial charge in [-0.3, -0.25) is 9.59 Å². The van der Waals surface area contributed by atoms with Gasteiger partial charge in [-0.15, -0.1) is 0 Å². The van der Waals surface area contributed by atoms with Crippen LogP contribution in [0.4, 0.5) is 0 Å². The smallest absolute Gasteiger partial charge is 0.304 e. The fourth-order valence-corrected chi connectivity index (χ4v) is 1.14. The average molecular weight is 173 g/mol. The molecule has 0 aromatic rings. The van der Waals surface area contributed by atoms with Crippen molar-refractivity contribution in [3.63, 3.8) is 0 Å². The number of rotatable bonds is 2. The van der Waals surface area contributed by atoms with Crippen LogP contribution in [0.5, 0.6) is 0 Å². The van der Waals surface area contributed by atoms with E-state index in [0.29, 0.717) is 6.54 Å². The molecule has 2 unspecified atom stereocenters. The molecule has 0 aromatic heterocycles. The van der Waals surface area contributed by atoms with E-state index in [1.807, 2.05) is 0 Å². The molecule has 1 fully saturated rings. The maximum Gasteiger partial charge on any atom is 0.304 e. The lowest BCUT2D eigenvalue weighted by Gasteiger charge is -2.42. The van der Waals surface area contributed by atoms with Crippen LogP contribution in [-0.2, 0) is 14.3 Å². The molecular formula is C7H11NO4. The molecule has 0 bridgehead atoms. The molecule has 2 atom stereocenters. The molecule has 1 amide bonds. The van der Waals surface area contributed by atoms with Gasteiger partial charge in [0.25, 0.3) is 5.91 Å². The van der Waals surface area contributed by atoms with E-state index in [1.54, 1.807) is 6.92 Å².